The van der Waals surface area contributed by atoms with Crippen LogP contribution in [0.4, 0.5) is 0 Å². The highest BCUT2D eigenvalue weighted by Crippen LogP contribution is 2.27. The van der Waals surface area contributed by atoms with Gasteiger partial charge in [0.05, 0.1) is 5.69 Å². The van der Waals surface area contributed by atoms with Crippen molar-refractivity contribution in [3.8, 4) is 0 Å². The van der Waals surface area contributed by atoms with Gasteiger partial charge in [0.1, 0.15) is 18.1 Å². The first-order chi connectivity index (χ1) is 9.81. The number of hydrogen-bond acceptors (Lipinski definition) is 5. The summed E-state index contributed by atoms with van der Waals surface area (Å²) in [6.45, 7) is 6.57. The zero-order valence-electron chi connectivity index (χ0n) is 12.2. The first-order valence-electron chi connectivity index (χ1n) is 7.07. The number of aldehydes is 1. The third-order valence-electron chi connectivity index (χ3n) is 3.24. The number of carbonyl (C=O) groups excluding carboxylic acids is 1. The first-order valence-corrected chi connectivity index (χ1v) is 7.07. The number of aromatic nitrogens is 4. The molecule has 1 unspecified atom stereocenters. The van der Waals surface area contributed by atoms with Gasteiger partial charge in [-0.05, 0) is 26.2 Å². The molecule has 0 N–H and O–H groups in total. The van der Waals surface area contributed by atoms with Gasteiger partial charge in [0, 0.05) is 6.61 Å². The van der Waals surface area contributed by atoms with Gasteiger partial charge >= 0.3 is 0 Å². The molecule has 0 radical (unpaired) electrons. The molecule has 6 heteroatoms. The number of hydrogen-bond donors (Lipinski definition) is 0. The van der Waals surface area contributed by atoms with Crippen molar-refractivity contribution in [2.75, 3.05) is 6.61 Å². The van der Waals surface area contributed by atoms with Crippen molar-refractivity contribution in [2.24, 2.45) is 0 Å². The Labute approximate surface area is 118 Å². The fraction of sp³-hybridized carbons (Fsp3) is 0.571. The van der Waals surface area contributed by atoms with E-state index in [1.807, 2.05) is 20.8 Å². The Morgan fingerprint density at radius 1 is 1.35 bits per heavy atom. The first kappa shape index (κ1) is 14.6. The van der Waals surface area contributed by atoms with Crippen LogP contribution in [-0.4, -0.2) is 32.4 Å². The van der Waals surface area contributed by atoms with Gasteiger partial charge in [-0.3, -0.25) is 9.36 Å². The molecule has 0 bridgehead atoms. The summed E-state index contributed by atoms with van der Waals surface area (Å²) >= 11 is 0. The lowest BCUT2D eigenvalue weighted by atomic mass is 10.2. The Morgan fingerprint density at radius 2 is 2.15 bits per heavy atom. The maximum Gasteiger partial charge on any atom is 0.185 e. The Hall–Kier alpha value is -1.82. The minimum Gasteiger partial charge on any atom is -0.358 e. The number of aryl methyl sites for hydroxylation is 1. The summed E-state index contributed by atoms with van der Waals surface area (Å²) in [4.78, 5) is 23.8. The Bertz CT molecular complexity index is 588. The van der Waals surface area contributed by atoms with E-state index in [1.54, 1.807) is 4.57 Å². The van der Waals surface area contributed by atoms with Crippen molar-refractivity contribution in [1.29, 1.82) is 0 Å². The molecule has 0 aromatic carbocycles. The van der Waals surface area contributed by atoms with Gasteiger partial charge in [0.15, 0.2) is 17.8 Å². The van der Waals surface area contributed by atoms with Crippen molar-refractivity contribution in [3.63, 3.8) is 0 Å². The van der Waals surface area contributed by atoms with Gasteiger partial charge in [0.2, 0.25) is 0 Å². The zero-order valence-corrected chi connectivity index (χ0v) is 12.2. The Kier molecular flexibility index (Phi) is 4.79. The molecule has 20 heavy (non-hydrogen) atoms. The van der Waals surface area contributed by atoms with Gasteiger partial charge in [-0.15, -0.1) is 0 Å². The molecule has 1 fully saturated rings. The highest BCUT2D eigenvalue weighted by molar-refractivity contribution is 5.81. The quantitative estimate of drug-likeness (QED) is 0.789. The van der Waals surface area contributed by atoms with E-state index >= 15 is 0 Å². The predicted octanol–water partition coefficient (Wildman–Crippen LogP) is 2.67. The lowest BCUT2D eigenvalue weighted by molar-refractivity contribution is -0.0306. The molecule has 0 aliphatic carbocycles. The van der Waals surface area contributed by atoms with Gasteiger partial charge in [-0.2, -0.15) is 0 Å². The maximum atomic E-state index is 11.2. The average molecular weight is 276 g/mol. The van der Waals surface area contributed by atoms with Crippen molar-refractivity contribution in [1.82, 2.24) is 19.5 Å². The summed E-state index contributed by atoms with van der Waals surface area (Å²) in [5.74, 6) is 0.362. The second-order valence-corrected chi connectivity index (χ2v) is 4.41. The SMILES string of the molecule is CC.Cc1ncnc2c1nc(C=O)n2C1CCCCO1. The molecule has 0 spiro atoms. The minimum atomic E-state index is -0.141. The van der Waals surface area contributed by atoms with E-state index in [9.17, 15) is 4.79 Å². The number of ether oxygens (including phenoxy) is 1. The molecule has 2 aromatic heterocycles. The average Bonchev–Trinajstić information content (AvgIpc) is 2.90. The highest BCUT2D eigenvalue weighted by Gasteiger charge is 2.23. The van der Waals surface area contributed by atoms with Crippen molar-refractivity contribution < 1.29 is 9.53 Å². The summed E-state index contributed by atoms with van der Waals surface area (Å²) in [6, 6.07) is 0. The smallest absolute Gasteiger partial charge is 0.185 e. The van der Waals surface area contributed by atoms with Crippen LogP contribution in [0.3, 0.4) is 0 Å². The number of nitrogens with zero attached hydrogens (tertiary/aromatic N) is 4. The fourth-order valence-electron chi connectivity index (χ4n) is 2.33. The van der Waals surface area contributed by atoms with Gasteiger partial charge < -0.3 is 4.74 Å². The fourth-order valence-corrected chi connectivity index (χ4v) is 2.33. The van der Waals surface area contributed by atoms with E-state index in [-0.39, 0.29) is 6.23 Å². The van der Waals surface area contributed by atoms with E-state index in [4.69, 9.17) is 4.74 Å². The highest BCUT2D eigenvalue weighted by atomic mass is 16.5. The predicted molar refractivity (Wildman–Crippen MR) is 75.6 cm³/mol. The molecule has 0 saturated carbocycles. The van der Waals surface area contributed by atoms with Crippen LogP contribution in [0.15, 0.2) is 6.33 Å². The molecule has 6 nitrogen and oxygen atoms in total. The van der Waals surface area contributed by atoms with Crippen LogP contribution < -0.4 is 0 Å². The van der Waals surface area contributed by atoms with E-state index in [1.165, 1.54) is 6.33 Å². The number of imidazole rings is 1. The maximum absolute atomic E-state index is 11.2. The van der Waals surface area contributed by atoms with Crippen LogP contribution in [0.5, 0.6) is 0 Å². The van der Waals surface area contributed by atoms with Gasteiger partial charge in [0.25, 0.3) is 0 Å². The molecule has 1 aliphatic rings. The van der Waals surface area contributed by atoms with E-state index < -0.39 is 0 Å². The second-order valence-electron chi connectivity index (χ2n) is 4.41. The largest absolute Gasteiger partial charge is 0.358 e. The number of carbonyl (C=O) groups is 1. The van der Waals surface area contributed by atoms with E-state index in [2.05, 4.69) is 15.0 Å². The summed E-state index contributed by atoms with van der Waals surface area (Å²) < 4.78 is 7.50. The van der Waals surface area contributed by atoms with E-state index in [0.717, 1.165) is 31.2 Å². The van der Waals surface area contributed by atoms with Crippen LogP contribution in [0, 0.1) is 6.92 Å². The molecule has 2 aromatic rings. The van der Waals surface area contributed by atoms with Crippen LogP contribution in [0.25, 0.3) is 11.2 Å². The van der Waals surface area contributed by atoms with Gasteiger partial charge in [-0.25, -0.2) is 15.0 Å². The Balaban J connectivity index is 0.000000704. The molecule has 0 amide bonds. The van der Waals surface area contributed by atoms with Crippen molar-refractivity contribution >= 4 is 17.5 Å². The minimum absolute atomic E-state index is 0.141. The molecule has 1 saturated heterocycles. The second kappa shape index (κ2) is 6.56. The molecule has 108 valence electrons. The molecular weight excluding hydrogens is 256 g/mol. The van der Waals surface area contributed by atoms with Crippen molar-refractivity contribution in [2.45, 2.75) is 46.3 Å². The van der Waals surface area contributed by atoms with Gasteiger partial charge in [-0.1, -0.05) is 13.8 Å². The normalized spacial score (nSPS) is 18.4. The molecular formula is C14H20N4O2. The van der Waals surface area contributed by atoms with Crippen LogP contribution in [0.1, 0.15) is 55.7 Å². The summed E-state index contributed by atoms with van der Waals surface area (Å²) in [5, 5.41) is 0. The summed E-state index contributed by atoms with van der Waals surface area (Å²) in [7, 11) is 0. The summed E-state index contributed by atoms with van der Waals surface area (Å²) in [5.41, 5.74) is 2.13. The van der Waals surface area contributed by atoms with Crippen molar-refractivity contribution in [3.05, 3.63) is 17.8 Å². The number of fused-ring (bicyclic) bond motifs is 1. The Morgan fingerprint density at radius 3 is 2.80 bits per heavy atom. The van der Waals surface area contributed by atoms with Crippen LogP contribution >= 0.6 is 0 Å². The topological polar surface area (TPSA) is 69.9 Å². The van der Waals surface area contributed by atoms with E-state index in [0.29, 0.717) is 23.6 Å². The monoisotopic (exact) mass is 276 g/mol. The third kappa shape index (κ3) is 2.56. The molecule has 1 atom stereocenters. The lowest BCUT2D eigenvalue weighted by Crippen LogP contribution is -2.20. The molecule has 3 heterocycles. The third-order valence-corrected chi connectivity index (χ3v) is 3.24. The molecule has 1 aliphatic heterocycles. The molecule has 3 rings (SSSR count). The standard InChI is InChI=1S/C12H14N4O2.C2H6/c1-8-11-12(14-7-13-8)16(9(6-17)15-11)10-4-2-3-5-18-10;1-2/h6-7,10H,2-5H2,1H3;1-2H3. The summed E-state index contributed by atoms with van der Waals surface area (Å²) in [6.07, 6.45) is 5.14. The lowest BCUT2D eigenvalue weighted by Gasteiger charge is -2.24. The zero-order chi connectivity index (χ0) is 14.5. The van der Waals surface area contributed by atoms with Crippen LogP contribution in [-0.2, 0) is 4.74 Å². The van der Waals surface area contributed by atoms with Crippen LogP contribution in [0.2, 0.25) is 0 Å². The number of rotatable bonds is 2.